The molecule has 24 heavy (non-hydrogen) atoms. The van der Waals surface area contributed by atoms with E-state index < -0.39 is 47.6 Å². The Labute approximate surface area is 139 Å². The number of fused-ring (bicyclic) bond motifs is 2. The van der Waals surface area contributed by atoms with Crippen molar-refractivity contribution in [2.75, 3.05) is 13.1 Å². The van der Waals surface area contributed by atoms with Crippen molar-refractivity contribution in [3.63, 3.8) is 0 Å². The van der Waals surface area contributed by atoms with E-state index in [1.54, 1.807) is 13.8 Å². The van der Waals surface area contributed by atoms with Crippen LogP contribution in [0.25, 0.3) is 0 Å². The molecule has 5 atom stereocenters. The summed E-state index contributed by atoms with van der Waals surface area (Å²) in [6, 6.07) is 0. The maximum absolute atomic E-state index is 14.5. The van der Waals surface area contributed by atoms with E-state index in [-0.39, 0.29) is 6.42 Å². The molecule has 0 aromatic rings. The predicted molar refractivity (Wildman–Crippen MR) is 78.4 cm³/mol. The van der Waals surface area contributed by atoms with Gasteiger partial charge in [0.15, 0.2) is 12.2 Å². The number of carbonyl (C=O) groups excluding carboxylic acids is 1. The molecule has 7 nitrogen and oxygen atoms in total. The molecule has 2 saturated heterocycles. The predicted octanol–water partition coefficient (Wildman–Crippen LogP) is 0.708. The second-order valence-electron chi connectivity index (χ2n) is 7.04. The molecule has 2 fully saturated rings. The number of nitrogens with zero attached hydrogens (tertiary/aromatic N) is 1. The number of halogens is 2. The van der Waals surface area contributed by atoms with E-state index in [9.17, 15) is 28.9 Å². The number of amides is 1. The Kier molecular flexibility index (Phi) is 4.86. The van der Waals surface area contributed by atoms with Crippen LogP contribution in [0.15, 0.2) is 0 Å². The summed E-state index contributed by atoms with van der Waals surface area (Å²) < 4.78 is 39.2. The first-order valence-corrected chi connectivity index (χ1v) is 8.02. The number of ether oxygens (including phenoxy) is 2. The summed E-state index contributed by atoms with van der Waals surface area (Å²) >= 11 is 0. The van der Waals surface area contributed by atoms with Crippen LogP contribution in [0.5, 0.6) is 0 Å². The number of aliphatic hydroxyl groups excluding tert-OH is 2. The molecule has 0 unspecified atom stereocenters. The molecule has 2 heterocycles. The van der Waals surface area contributed by atoms with Crippen LogP contribution in [0.4, 0.5) is 13.6 Å². The van der Waals surface area contributed by atoms with E-state index in [1.165, 1.54) is 18.7 Å². The van der Waals surface area contributed by atoms with Crippen molar-refractivity contribution in [2.45, 2.75) is 70.2 Å². The SMILES string of the molecule is CCN(CC)C(=O)O[C@H]1C(C)(C)C[C@@H]2O[C@@]1(O)C(F)(F)[C@H](O)[C@H]2O. The number of hydrogen-bond donors (Lipinski definition) is 3. The van der Waals surface area contributed by atoms with Gasteiger partial charge in [-0.15, -0.1) is 0 Å². The highest BCUT2D eigenvalue weighted by Gasteiger charge is 2.75. The highest BCUT2D eigenvalue weighted by Crippen LogP contribution is 2.54. The van der Waals surface area contributed by atoms with E-state index in [0.29, 0.717) is 13.1 Å². The van der Waals surface area contributed by atoms with Gasteiger partial charge in [0, 0.05) is 18.5 Å². The van der Waals surface area contributed by atoms with E-state index in [1.807, 2.05) is 0 Å². The van der Waals surface area contributed by atoms with Crippen molar-refractivity contribution in [1.82, 2.24) is 4.90 Å². The zero-order valence-electron chi connectivity index (χ0n) is 14.2. The van der Waals surface area contributed by atoms with E-state index in [4.69, 9.17) is 9.47 Å². The van der Waals surface area contributed by atoms with Crippen molar-refractivity contribution < 1.29 is 38.4 Å². The zero-order valence-corrected chi connectivity index (χ0v) is 14.2. The fourth-order valence-electron chi connectivity index (χ4n) is 3.46. The molecule has 3 N–H and O–H groups in total. The van der Waals surface area contributed by atoms with Crippen LogP contribution in [0.2, 0.25) is 0 Å². The summed E-state index contributed by atoms with van der Waals surface area (Å²) in [6.07, 6.45) is -8.11. The van der Waals surface area contributed by atoms with Crippen LogP contribution in [0.3, 0.4) is 0 Å². The second-order valence-corrected chi connectivity index (χ2v) is 7.04. The third-order valence-electron chi connectivity index (χ3n) is 4.92. The maximum Gasteiger partial charge on any atom is 0.410 e. The van der Waals surface area contributed by atoms with Gasteiger partial charge in [0.25, 0.3) is 5.79 Å². The molecular formula is C15H25F2NO6. The van der Waals surface area contributed by atoms with Crippen molar-refractivity contribution in [1.29, 1.82) is 0 Å². The van der Waals surface area contributed by atoms with Crippen LogP contribution in [-0.4, -0.2) is 75.5 Å². The Morgan fingerprint density at radius 1 is 1.29 bits per heavy atom. The van der Waals surface area contributed by atoms with Gasteiger partial charge in [-0.2, -0.15) is 8.78 Å². The van der Waals surface area contributed by atoms with Crippen molar-refractivity contribution in [2.24, 2.45) is 5.41 Å². The topological polar surface area (TPSA) is 99.5 Å². The van der Waals surface area contributed by atoms with Crippen LogP contribution in [0.1, 0.15) is 34.1 Å². The molecule has 140 valence electrons. The van der Waals surface area contributed by atoms with E-state index >= 15 is 0 Å². The summed E-state index contributed by atoms with van der Waals surface area (Å²) in [7, 11) is 0. The van der Waals surface area contributed by atoms with Crippen LogP contribution < -0.4 is 0 Å². The first-order valence-electron chi connectivity index (χ1n) is 8.02. The van der Waals surface area contributed by atoms with Crippen LogP contribution in [-0.2, 0) is 9.47 Å². The number of alkyl halides is 2. The fourth-order valence-corrected chi connectivity index (χ4v) is 3.46. The zero-order chi connectivity index (χ0) is 18.5. The number of hydrogen-bond acceptors (Lipinski definition) is 6. The number of aliphatic hydroxyl groups is 3. The lowest BCUT2D eigenvalue weighted by Crippen LogP contribution is -2.78. The molecular weight excluding hydrogens is 328 g/mol. The molecule has 2 rings (SSSR count). The quantitative estimate of drug-likeness (QED) is 0.691. The molecule has 2 aliphatic rings. The van der Waals surface area contributed by atoms with Gasteiger partial charge < -0.3 is 29.7 Å². The average Bonchev–Trinajstić information content (AvgIpc) is 2.48. The highest BCUT2D eigenvalue weighted by molar-refractivity contribution is 5.68. The number of rotatable bonds is 3. The fraction of sp³-hybridized carbons (Fsp3) is 0.933. The minimum Gasteiger partial charge on any atom is -0.439 e. The Morgan fingerprint density at radius 3 is 2.33 bits per heavy atom. The van der Waals surface area contributed by atoms with Gasteiger partial charge in [0.05, 0.1) is 6.10 Å². The summed E-state index contributed by atoms with van der Waals surface area (Å²) in [6.45, 7) is 7.09. The van der Waals surface area contributed by atoms with Gasteiger partial charge in [0.1, 0.15) is 6.10 Å². The number of carbonyl (C=O) groups is 1. The van der Waals surface area contributed by atoms with Gasteiger partial charge in [-0.25, -0.2) is 4.79 Å². The first-order chi connectivity index (χ1) is 10.9. The van der Waals surface area contributed by atoms with Gasteiger partial charge in [-0.1, -0.05) is 13.8 Å². The Bertz CT molecular complexity index is 498. The molecule has 1 amide bonds. The summed E-state index contributed by atoms with van der Waals surface area (Å²) in [5.41, 5.74) is -1.11. The highest BCUT2D eigenvalue weighted by atomic mass is 19.3. The Hall–Kier alpha value is -1.03. The molecule has 0 radical (unpaired) electrons. The molecule has 0 aliphatic carbocycles. The normalized spacial score (nSPS) is 40.0. The maximum atomic E-state index is 14.5. The van der Waals surface area contributed by atoms with E-state index in [0.717, 1.165) is 0 Å². The molecule has 0 aromatic heterocycles. The van der Waals surface area contributed by atoms with Crippen molar-refractivity contribution in [3.05, 3.63) is 0 Å². The summed E-state index contributed by atoms with van der Waals surface area (Å²) in [5, 5.41) is 30.1. The lowest BCUT2D eigenvalue weighted by atomic mass is 9.68. The Balaban J connectivity index is 2.40. The van der Waals surface area contributed by atoms with Gasteiger partial charge in [-0.05, 0) is 20.3 Å². The van der Waals surface area contributed by atoms with Gasteiger partial charge in [-0.3, -0.25) is 0 Å². The van der Waals surface area contributed by atoms with Crippen LogP contribution in [0, 0.1) is 5.41 Å². The molecule has 2 aliphatic heterocycles. The molecule has 2 bridgehead atoms. The standard InChI is InChI=1S/C15H25F2NO6/c1-5-18(6-2)12(21)23-11-13(3,4)7-8-9(19)10(20)14(16,17)15(11,22)24-8/h8-11,19-20,22H,5-7H2,1-4H3/t8-,9-,10+,11-,15+/m0/s1. The van der Waals surface area contributed by atoms with Crippen molar-refractivity contribution >= 4 is 6.09 Å². The van der Waals surface area contributed by atoms with Crippen LogP contribution >= 0.6 is 0 Å². The lowest BCUT2D eigenvalue weighted by Gasteiger charge is -2.58. The second kappa shape index (κ2) is 6.05. The minimum absolute atomic E-state index is 0.0276. The monoisotopic (exact) mass is 353 g/mol. The average molecular weight is 353 g/mol. The molecule has 0 spiro atoms. The molecule has 0 aromatic carbocycles. The van der Waals surface area contributed by atoms with Crippen molar-refractivity contribution in [3.8, 4) is 0 Å². The molecule has 9 heteroatoms. The van der Waals surface area contributed by atoms with Gasteiger partial charge in [0.2, 0.25) is 0 Å². The molecule has 0 saturated carbocycles. The lowest BCUT2D eigenvalue weighted by molar-refractivity contribution is -0.452. The minimum atomic E-state index is -4.21. The largest absolute Gasteiger partial charge is 0.439 e. The smallest absolute Gasteiger partial charge is 0.410 e. The third-order valence-corrected chi connectivity index (χ3v) is 4.92. The third kappa shape index (κ3) is 2.67. The summed E-state index contributed by atoms with van der Waals surface area (Å²) in [5.74, 6) is -7.43. The Morgan fingerprint density at radius 2 is 1.83 bits per heavy atom. The van der Waals surface area contributed by atoms with E-state index in [2.05, 4.69) is 0 Å². The summed E-state index contributed by atoms with van der Waals surface area (Å²) in [4.78, 5) is 13.5. The first kappa shape index (κ1) is 19.3. The van der Waals surface area contributed by atoms with Gasteiger partial charge >= 0.3 is 12.0 Å².